The Bertz CT molecular complexity index is 732. The Kier molecular flexibility index (Phi) is 2.92. The maximum absolute atomic E-state index is 11.9. The number of H-pyrrole nitrogens is 1. The first-order valence-corrected chi connectivity index (χ1v) is 6.00. The lowest BCUT2D eigenvalue weighted by Crippen LogP contribution is -2.18. The molecule has 0 aliphatic rings. The van der Waals surface area contributed by atoms with E-state index in [4.69, 9.17) is 11.6 Å². The summed E-state index contributed by atoms with van der Waals surface area (Å²) in [4.78, 5) is 15.7. The van der Waals surface area contributed by atoms with E-state index >= 15 is 0 Å². The maximum atomic E-state index is 11.9. The van der Waals surface area contributed by atoms with Crippen LogP contribution in [0.15, 0.2) is 36.8 Å². The number of hydrogen-bond donors (Lipinski definition) is 2. The third kappa shape index (κ3) is 2.43. The molecule has 0 bridgehead atoms. The number of amides is 1. The van der Waals surface area contributed by atoms with Gasteiger partial charge >= 0.3 is 0 Å². The van der Waals surface area contributed by atoms with Crippen LogP contribution < -0.4 is 5.32 Å². The highest BCUT2D eigenvalue weighted by Crippen LogP contribution is 2.16. The number of halogens is 1. The maximum Gasteiger partial charge on any atom is 0.244 e. The normalized spacial score (nSPS) is 10.8. The second-order valence-corrected chi connectivity index (χ2v) is 4.38. The van der Waals surface area contributed by atoms with Crippen LogP contribution in [0.25, 0.3) is 10.9 Å². The van der Waals surface area contributed by atoms with Gasteiger partial charge in [0, 0.05) is 23.5 Å². The van der Waals surface area contributed by atoms with Crippen molar-refractivity contribution in [1.82, 2.24) is 19.7 Å². The van der Waals surface area contributed by atoms with Crippen LogP contribution in [0.4, 0.5) is 5.69 Å². The van der Waals surface area contributed by atoms with Crippen molar-refractivity contribution >= 4 is 34.1 Å². The fourth-order valence-corrected chi connectivity index (χ4v) is 1.97. The molecule has 0 atom stereocenters. The van der Waals surface area contributed by atoms with Crippen molar-refractivity contribution in [2.75, 3.05) is 5.32 Å². The van der Waals surface area contributed by atoms with Crippen molar-refractivity contribution in [3.05, 3.63) is 42.1 Å². The summed E-state index contributed by atoms with van der Waals surface area (Å²) >= 11 is 5.81. The summed E-state index contributed by atoms with van der Waals surface area (Å²) in [6.45, 7) is 0.125. The third-order valence-electron chi connectivity index (χ3n) is 2.70. The van der Waals surface area contributed by atoms with E-state index in [1.54, 1.807) is 23.2 Å². The molecule has 0 unspecified atom stereocenters. The molecule has 3 aromatic rings. The zero-order valence-corrected chi connectivity index (χ0v) is 10.6. The predicted octanol–water partition coefficient (Wildman–Crippen LogP) is 2.05. The van der Waals surface area contributed by atoms with E-state index < -0.39 is 0 Å². The first-order valence-electron chi connectivity index (χ1n) is 5.62. The van der Waals surface area contributed by atoms with Gasteiger partial charge in [0.2, 0.25) is 11.2 Å². The highest BCUT2D eigenvalue weighted by molar-refractivity contribution is 6.28. The first kappa shape index (κ1) is 11.7. The SMILES string of the molecule is O=C(Cn1ccnc1Cl)Nc1ccc2cn[nH]c2c1. The lowest BCUT2D eigenvalue weighted by molar-refractivity contribution is -0.116. The van der Waals surface area contributed by atoms with Gasteiger partial charge in [-0.25, -0.2) is 4.98 Å². The minimum absolute atomic E-state index is 0.125. The Hall–Kier alpha value is -2.34. The molecule has 2 aromatic heterocycles. The number of benzene rings is 1. The molecule has 6 nitrogen and oxygen atoms in total. The average molecular weight is 276 g/mol. The topological polar surface area (TPSA) is 75.6 Å². The van der Waals surface area contributed by atoms with Crippen molar-refractivity contribution in [2.24, 2.45) is 0 Å². The summed E-state index contributed by atoms with van der Waals surface area (Å²) in [5.41, 5.74) is 1.58. The highest BCUT2D eigenvalue weighted by Gasteiger charge is 2.07. The Morgan fingerprint density at radius 1 is 1.47 bits per heavy atom. The van der Waals surface area contributed by atoms with Gasteiger partial charge in [0.15, 0.2) is 0 Å². The van der Waals surface area contributed by atoms with Gasteiger partial charge in [0.1, 0.15) is 6.54 Å². The molecule has 1 aromatic carbocycles. The van der Waals surface area contributed by atoms with Gasteiger partial charge in [-0.1, -0.05) is 0 Å². The Labute approximate surface area is 113 Å². The molecule has 0 spiro atoms. The summed E-state index contributed by atoms with van der Waals surface area (Å²) in [6, 6.07) is 5.54. The smallest absolute Gasteiger partial charge is 0.244 e. The van der Waals surface area contributed by atoms with E-state index in [9.17, 15) is 4.79 Å². The number of carbonyl (C=O) groups excluding carboxylic acids is 1. The Balaban J connectivity index is 1.73. The third-order valence-corrected chi connectivity index (χ3v) is 3.02. The molecule has 0 aliphatic heterocycles. The molecule has 0 saturated carbocycles. The average Bonchev–Trinajstić information content (AvgIpc) is 2.98. The quantitative estimate of drug-likeness (QED) is 0.768. The molecule has 7 heteroatoms. The van der Waals surface area contributed by atoms with Gasteiger partial charge < -0.3 is 9.88 Å². The minimum atomic E-state index is -0.168. The molecular weight excluding hydrogens is 266 g/mol. The lowest BCUT2D eigenvalue weighted by Gasteiger charge is -2.06. The zero-order valence-electron chi connectivity index (χ0n) is 9.80. The number of anilines is 1. The van der Waals surface area contributed by atoms with Gasteiger partial charge in [0.25, 0.3) is 0 Å². The number of nitrogens with one attached hydrogen (secondary N) is 2. The summed E-state index contributed by atoms with van der Waals surface area (Å²) in [6.07, 6.45) is 4.93. The molecule has 0 fully saturated rings. The van der Waals surface area contributed by atoms with Crippen LogP contribution in [0.2, 0.25) is 5.28 Å². The monoisotopic (exact) mass is 275 g/mol. The van der Waals surface area contributed by atoms with Gasteiger partial charge in [-0.15, -0.1) is 0 Å². The molecule has 0 saturated heterocycles. The Morgan fingerprint density at radius 3 is 3.16 bits per heavy atom. The fourth-order valence-electron chi connectivity index (χ4n) is 1.80. The van der Waals surface area contributed by atoms with E-state index in [-0.39, 0.29) is 12.5 Å². The van der Waals surface area contributed by atoms with Crippen molar-refractivity contribution in [3.8, 4) is 0 Å². The van der Waals surface area contributed by atoms with Gasteiger partial charge in [0.05, 0.1) is 11.7 Å². The number of imidazole rings is 1. The number of nitrogens with zero attached hydrogens (tertiary/aromatic N) is 3. The fraction of sp³-hybridized carbons (Fsp3) is 0.0833. The van der Waals surface area contributed by atoms with Crippen LogP contribution in [0.5, 0.6) is 0 Å². The van der Waals surface area contributed by atoms with Gasteiger partial charge in [-0.05, 0) is 29.8 Å². The van der Waals surface area contributed by atoms with Crippen LogP contribution in [-0.2, 0) is 11.3 Å². The highest BCUT2D eigenvalue weighted by atomic mass is 35.5. The number of aromatic nitrogens is 4. The number of rotatable bonds is 3. The van der Waals surface area contributed by atoms with E-state index in [1.807, 2.05) is 18.2 Å². The van der Waals surface area contributed by atoms with Crippen LogP contribution in [0.3, 0.4) is 0 Å². The number of hydrogen-bond acceptors (Lipinski definition) is 3. The molecular formula is C12H10ClN5O. The molecule has 19 heavy (non-hydrogen) atoms. The molecule has 0 aliphatic carbocycles. The molecule has 1 amide bonds. The number of fused-ring (bicyclic) bond motifs is 1. The van der Waals surface area contributed by atoms with E-state index in [2.05, 4.69) is 20.5 Å². The van der Waals surface area contributed by atoms with Gasteiger partial charge in [-0.3, -0.25) is 9.89 Å². The zero-order chi connectivity index (χ0) is 13.2. The number of carbonyl (C=O) groups is 1. The van der Waals surface area contributed by atoms with E-state index in [1.165, 1.54) is 0 Å². The molecule has 3 rings (SSSR count). The van der Waals surface area contributed by atoms with Crippen molar-refractivity contribution < 1.29 is 4.79 Å². The van der Waals surface area contributed by atoms with Gasteiger partial charge in [-0.2, -0.15) is 5.10 Å². The van der Waals surface area contributed by atoms with Crippen molar-refractivity contribution in [3.63, 3.8) is 0 Å². The summed E-state index contributed by atoms with van der Waals surface area (Å²) < 4.78 is 1.56. The van der Waals surface area contributed by atoms with Crippen LogP contribution in [0.1, 0.15) is 0 Å². The number of aromatic amines is 1. The van der Waals surface area contributed by atoms with Crippen molar-refractivity contribution in [1.29, 1.82) is 0 Å². The summed E-state index contributed by atoms with van der Waals surface area (Å²) in [7, 11) is 0. The summed E-state index contributed by atoms with van der Waals surface area (Å²) in [5, 5.41) is 10.9. The van der Waals surface area contributed by atoms with Crippen LogP contribution in [0, 0.1) is 0 Å². The van der Waals surface area contributed by atoms with Crippen LogP contribution >= 0.6 is 11.6 Å². The second kappa shape index (κ2) is 4.74. The molecule has 96 valence electrons. The molecule has 0 radical (unpaired) electrons. The summed E-state index contributed by atoms with van der Waals surface area (Å²) in [5.74, 6) is -0.168. The standard InChI is InChI=1S/C12H10ClN5O/c13-12-14-3-4-18(12)7-11(19)16-9-2-1-8-6-15-17-10(8)5-9/h1-6H,7H2,(H,15,17)(H,16,19). The van der Waals surface area contributed by atoms with E-state index in [0.29, 0.717) is 11.0 Å². The second-order valence-electron chi connectivity index (χ2n) is 4.04. The van der Waals surface area contributed by atoms with E-state index in [0.717, 1.165) is 10.9 Å². The Morgan fingerprint density at radius 2 is 2.37 bits per heavy atom. The predicted molar refractivity (Wildman–Crippen MR) is 72.0 cm³/mol. The minimum Gasteiger partial charge on any atom is -0.324 e. The van der Waals surface area contributed by atoms with Crippen molar-refractivity contribution in [2.45, 2.75) is 6.54 Å². The molecule has 2 heterocycles. The van der Waals surface area contributed by atoms with Crippen LogP contribution in [-0.4, -0.2) is 25.7 Å². The largest absolute Gasteiger partial charge is 0.324 e. The lowest BCUT2D eigenvalue weighted by atomic mass is 10.2. The first-order chi connectivity index (χ1) is 9.22. The molecule has 2 N–H and O–H groups in total.